The number of imidazole rings is 2. The molecule has 4 fully saturated rings. The molecule has 0 amide bonds. The van der Waals surface area contributed by atoms with Crippen molar-refractivity contribution in [3.63, 3.8) is 0 Å². The fraction of sp³-hybridized carbons (Fsp3) is 0.595. The number of aryl methyl sites for hydroxylation is 4. The molecule has 10 rings (SSSR count). The molecule has 0 bridgehead atoms. The maximum absolute atomic E-state index is 12.8. The molecule has 6 aromatic heterocycles. The number of rotatable bonds is 7. The molecular weight excluding hydrogens is 781 g/mol. The lowest BCUT2D eigenvalue weighted by Crippen LogP contribution is -2.24. The highest BCUT2D eigenvalue weighted by Gasteiger charge is 2.34. The van der Waals surface area contributed by atoms with Gasteiger partial charge in [0.15, 0.2) is 17.3 Å². The monoisotopic (exact) mass is 838 g/mol. The first kappa shape index (κ1) is 42.3. The van der Waals surface area contributed by atoms with Gasteiger partial charge in [-0.2, -0.15) is 20.4 Å². The van der Waals surface area contributed by atoms with Crippen LogP contribution in [0.5, 0.6) is 0 Å². The van der Waals surface area contributed by atoms with Gasteiger partial charge in [-0.05, 0) is 70.0 Å². The Morgan fingerprint density at radius 3 is 1.70 bits per heavy atom. The summed E-state index contributed by atoms with van der Waals surface area (Å²) in [5.74, 6) is 5.20. The molecule has 4 aliphatic heterocycles. The van der Waals surface area contributed by atoms with Gasteiger partial charge in [0.05, 0.1) is 29.5 Å². The average Bonchev–Trinajstić information content (AvgIpc) is 4.12. The number of aldehydes is 1. The second-order valence-corrected chi connectivity index (χ2v) is 17.2. The maximum atomic E-state index is 12.8. The molecule has 19 nitrogen and oxygen atoms in total. The largest absolute Gasteiger partial charge is 0.381 e. The predicted molar refractivity (Wildman–Crippen MR) is 226 cm³/mol. The van der Waals surface area contributed by atoms with E-state index in [9.17, 15) is 14.4 Å². The lowest BCUT2D eigenvalue weighted by Gasteiger charge is -2.21. The fourth-order valence-corrected chi connectivity index (χ4v) is 9.18. The Morgan fingerprint density at radius 2 is 1.25 bits per heavy atom. The van der Waals surface area contributed by atoms with Crippen molar-refractivity contribution in [2.75, 3.05) is 52.6 Å². The second kappa shape index (κ2) is 18.3. The number of nitrogens with one attached hydrogen (secondary N) is 3. The van der Waals surface area contributed by atoms with Crippen LogP contribution in [-0.2, 0) is 30.1 Å². The number of ether oxygens (including phenoxy) is 2. The number of aromatic amines is 2. The standard InChI is InChI=1S/C21H29N7O2.C15H21N5O2.C6H8N2O/c1-13-10-27(11-16-8-14(2)24-26(16)3)12-17(13)19-23-21(29)18-9-22-20(28(18)25-19)15-4-6-30-7-5-15;1-9-6-16-7-11(9)13-18-15(21)12-8-17-14(20(12)19-13)10-2-4-22-5-3-10;1-5-3-6(4-9)8(2)7-5/h8-9,13,15,17H,4-7,10-12H2,1-3H3,(H,23,25,29);8-11,16H,2-7H2,1H3,(H,18,19,21);3-4H,1-2H3. The summed E-state index contributed by atoms with van der Waals surface area (Å²) in [7, 11) is 3.74. The van der Waals surface area contributed by atoms with Crippen LogP contribution < -0.4 is 16.4 Å². The zero-order chi connectivity index (χ0) is 42.8. The minimum atomic E-state index is -0.112. The van der Waals surface area contributed by atoms with Crippen molar-refractivity contribution in [3.05, 3.63) is 91.3 Å². The molecule has 0 radical (unpaired) electrons. The van der Waals surface area contributed by atoms with E-state index in [0.717, 1.165) is 126 Å². The summed E-state index contributed by atoms with van der Waals surface area (Å²) in [5.41, 5.74) is 4.57. The van der Waals surface area contributed by atoms with Gasteiger partial charge in [0.25, 0.3) is 11.1 Å². The first-order valence-corrected chi connectivity index (χ1v) is 21.5. The van der Waals surface area contributed by atoms with Crippen LogP contribution >= 0.6 is 0 Å². The molecule has 0 saturated carbocycles. The number of H-pyrrole nitrogens is 2. The average molecular weight is 839 g/mol. The highest BCUT2D eigenvalue weighted by Crippen LogP contribution is 2.32. The van der Waals surface area contributed by atoms with E-state index in [1.165, 1.54) is 5.69 Å². The van der Waals surface area contributed by atoms with Crippen molar-refractivity contribution in [2.45, 2.75) is 83.6 Å². The first-order chi connectivity index (χ1) is 29.5. The van der Waals surface area contributed by atoms with E-state index in [4.69, 9.17) is 19.7 Å². The number of nitrogens with zero attached hydrogens (tertiary/aromatic N) is 11. The Balaban J connectivity index is 0.000000144. The van der Waals surface area contributed by atoms with Gasteiger partial charge in [-0.25, -0.2) is 19.0 Å². The maximum Gasteiger partial charge on any atom is 0.276 e. The molecule has 0 aliphatic carbocycles. The van der Waals surface area contributed by atoms with Gasteiger partial charge in [0, 0.05) is 90.4 Å². The molecule has 10 heterocycles. The van der Waals surface area contributed by atoms with Crippen molar-refractivity contribution in [1.82, 2.24) is 68.9 Å². The summed E-state index contributed by atoms with van der Waals surface area (Å²) < 4.78 is 18.0. The van der Waals surface area contributed by atoms with Crippen LogP contribution in [0.2, 0.25) is 0 Å². The third kappa shape index (κ3) is 9.15. The third-order valence-electron chi connectivity index (χ3n) is 12.6. The second-order valence-electron chi connectivity index (χ2n) is 17.2. The van der Waals surface area contributed by atoms with Crippen LogP contribution in [0.25, 0.3) is 11.0 Å². The molecule has 326 valence electrons. The lowest BCUT2D eigenvalue weighted by atomic mass is 9.97. The van der Waals surface area contributed by atoms with Gasteiger partial charge in [-0.1, -0.05) is 13.8 Å². The molecule has 0 aromatic carbocycles. The fourth-order valence-electron chi connectivity index (χ4n) is 9.18. The third-order valence-corrected chi connectivity index (χ3v) is 12.6. The van der Waals surface area contributed by atoms with Crippen LogP contribution in [0.15, 0.2) is 34.1 Å². The minimum Gasteiger partial charge on any atom is -0.381 e. The normalized spacial score (nSPS) is 22.7. The van der Waals surface area contributed by atoms with Crippen molar-refractivity contribution in [1.29, 1.82) is 0 Å². The van der Waals surface area contributed by atoms with Crippen molar-refractivity contribution in [3.8, 4) is 0 Å². The molecule has 0 spiro atoms. The SMILES string of the molecule is CC1CNCC1c1nn2c(C3CCOCC3)ncc2c(=O)[nH]1.Cc1cc(C=O)n(C)n1.Cc1cc(CN2CC(C)C(c3nn4c(C5CCOCC5)ncc4c(=O)[nH]3)C2)n(C)n1. The Labute approximate surface area is 353 Å². The Morgan fingerprint density at radius 1 is 0.705 bits per heavy atom. The molecule has 4 atom stereocenters. The number of hydrogen-bond donors (Lipinski definition) is 3. The van der Waals surface area contributed by atoms with Crippen LogP contribution in [0, 0.1) is 25.7 Å². The van der Waals surface area contributed by atoms with Gasteiger partial charge in [-0.3, -0.25) is 28.6 Å². The first-order valence-electron chi connectivity index (χ1n) is 21.5. The highest BCUT2D eigenvalue weighted by molar-refractivity contribution is 5.72. The van der Waals surface area contributed by atoms with Gasteiger partial charge in [0.2, 0.25) is 0 Å². The molecule has 4 saturated heterocycles. The van der Waals surface area contributed by atoms with Gasteiger partial charge >= 0.3 is 0 Å². The summed E-state index contributed by atoms with van der Waals surface area (Å²) in [4.78, 5) is 52.7. The van der Waals surface area contributed by atoms with E-state index < -0.39 is 0 Å². The number of hydrogen-bond acceptors (Lipinski definition) is 13. The summed E-state index contributed by atoms with van der Waals surface area (Å²) in [6.45, 7) is 15.8. The topological polar surface area (TPSA) is 213 Å². The highest BCUT2D eigenvalue weighted by atomic mass is 16.5. The van der Waals surface area contributed by atoms with Crippen LogP contribution in [0.3, 0.4) is 0 Å². The van der Waals surface area contributed by atoms with E-state index in [1.807, 2.05) is 25.6 Å². The molecular formula is C42H58N14O5. The number of likely N-dealkylation sites (tertiary alicyclic amines) is 1. The number of aromatic nitrogens is 12. The smallest absolute Gasteiger partial charge is 0.276 e. The minimum absolute atomic E-state index is 0.102. The zero-order valence-corrected chi connectivity index (χ0v) is 36.0. The van der Waals surface area contributed by atoms with Crippen molar-refractivity contribution < 1.29 is 14.3 Å². The molecule has 6 aromatic rings. The molecule has 4 unspecified atom stereocenters. The lowest BCUT2D eigenvalue weighted by molar-refractivity contribution is 0.0831. The number of fused-ring (bicyclic) bond motifs is 2. The summed E-state index contributed by atoms with van der Waals surface area (Å²) >= 11 is 0. The Kier molecular flexibility index (Phi) is 12.7. The van der Waals surface area contributed by atoms with Crippen molar-refractivity contribution >= 4 is 17.3 Å². The van der Waals surface area contributed by atoms with Gasteiger partial charge in [-0.15, -0.1) is 0 Å². The zero-order valence-electron chi connectivity index (χ0n) is 36.0. The van der Waals surface area contributed by atoms with Gasteiger partial charge in [0.1, 0.15) is 29.0 Å². The van der Waals surface area contributed by atoms with E-state index >= 15 is 0 Å². The van der Waals surface area contributed by atoms with E-state index in [2.05, 4.69) is 60.3 Å². The Bertz CT molecular complexity index is 2570. The summed E-state index contributed by atoms with van der Waals surface area (Å²) in [6, 6.07) is 3.88. The number of carbonyl (C=O) groups is 1. The quantitative estimate of drug-likeness (QED) is 0.198. The van der Waals surface area contributed by atoms with E-state index in [-0.39, 0.29) is 28.9 Å². The molecule has 61 heavy (non-hydrogen) atoms. The summed E-state index contributed by atoms with van der Waals surface area (Å²) in [5, 5.41) is 21.4. The molecule has 3 N–H and O–H groups in total. The predicted octanol–water partition coefficient (Wildman–Crippen LogP) is 2.76. The van der Waals surface area contributed by atoms with Crippen LogP contribution in [0.4, 0.5) is 0 Å². The van der Waals surface area contributed by atoms with Crippen LogP contribution in [-0.4, -0.2) is 123 Å². The van der Waals surface area contributed by atoms with E-state index in [1.54, 1.807) is 39.2 Å². The van der Waals surface area contributed by atoms with Crippen molar-refractivity contribution in [2.24, 2.45) is 25.9 Å². The van der Waals surface area contributed by atoms with Gasteiger partial charge < -0.3 is 24.8 Å². The van der Waals surface area contributed by atoms with E-state index in [0.29, 0.717) is 34.5 Å². The molecule has 4 aliphatic rings. The van der Waals surface area contributed by atoms with Crippen LogP contribution in [0.1, 0.15) is 114 Å². The number of carbonyl (C=O) groups excluding carboxylic acids is 1. The summed E-state index contributed by atoms with van der Waals surface area (Å²) in [6.07, 6.45) is 7.78. The molecule has 19 heteroatoms. The Hall–Kier alpha value is -5.37.